The number of pyridine rings is 1. The number of benzene rings is 2. The Labute approximate surface area is 150 Å². The van der Waals surface area contributed by atoms with Crippen molar-refractivity contribution in [2.24, 2.45) is 0 Å². The van der Waals surface area contributed by atoms with Gasteiger partial charge in [0.15, 0.2) is 5.43 Å². The van der Waals surface area contributed by atoms with Crippen LogP contribution in [-0.2, 0) is 17.5 Å². The molecule has 134 valence electrons. The third-order valence-electron chi connectivity index (χ3n) is 3.73. The molecule has 1 N–H and O–H groups in total. The smallest absolute Gasteiger partial charge is 0.338 e. The number of nitrogens with one attached hydrogen (secondary N) is 1. The number of rotatable bonds is 3. The molecule has 26 heavy (non-hydrogen) atoms. The third kappa shape index (κ3) is 3.88. The molecule has 0 fully saturated rings. The Kier molecular flexibility index (Phi) is 4.73. The Hall–Kier alpha value is -2.80. The zero-order valence-electron chi connectivity index (χ0n) is 13.2. The summed E-state index contributed by atoms with van der Waals surface area (Å²) >= 11 is 5.95. The summed E-state index contributed by atoms with van der Waals surface area (Å²) in [7, 11) is 0. The summed E-state index contributed by atoms with van der Waals surface area (Å²) in [5, 5.41) is 3.22. The molecule has 1 heterocycles. The number of amides is 1. The van der Waals surface area contributed by atoms with Gasteiger partial charge in [-0.05, 0) is 36.4 Å². The number of carbonyl (C=O) groups is 1. The molecule has 1 amide bonds. The lowest BCUT2D eigenvalue weighted by molar-refractivity contribution is -0.137. The molecule has 0 aliphatic carbocycles. The Bertz CT molecular complexity index is 1040. The van der Waals surface area contributed by atoms with E-state index in [-0.39, 0.29) is 17.7 Å². The molecule has 8 heteroatoms. The van der Waals surface area contributed by atoms with Gasteiger partial charge in [0.05, 0.1) is 11.1 Å². The number of hydrogen-bond acceptors (Lipinski definition) is 2. The van der Waals surface area contributed by atoms with E-state index in [1.54, 1.807) is 18.2 Å². The van der Waals surface area contributed by atoms with Crippen LogP contribution in [-0.4, -0.2) is 10.5 Å². The molecule has 1 aromatic heterocycles. The highest BCUT2D eigenvalue weighted by atomic mass is 35.5. The number of hydrogen-bond donors (Lipinski definition) is 1. The second kappa shape index (κ2) is 6.84. The van der Waals surface area contributed by atoms with E-state index in [1.165, 1.54) is 29.0 Å². The van der Waals surface area contributed by atoms with Crippen LogP contribution in [0.4, 0.5) is 18.9 Å². The first-order chi connectivity index (χ1) is 12.2. The summed E-state index contributed by atoms with van der Waals surface area (Å²) in [6.45, 7) is -0.187. The third-order valence-corrected chi connectivity index (χ3v) is 3.96. The number of fused-ring (bicyclic) bond motifs is 1. The minimum atomic E-state index is -4.49. The first-order valence-corrected chi connectivity index (χ1v) is 7.88. The largest absolute Gasteiger partial charge is 0.416 e. The van der Waals surface area contributed by atoms with Gasteiger partial charge >= 0.3 is 6.18 Å². The van der Waals surface area contributed by atoms with Gasteiger partial charge in [-0.2, -0.15) is 13.2 Å². The van der Waals surface area contributed by atoms with Gasteiger partial charge in [-0.25, -0.2) is 0 Å². The zero-order chi connectivity index (χ0) is 18.9. The first-order valence-electron chi connectivity index (χ1n) is 7.50. The summed E-state index contributed by atoms with van der Waals surface area (Å²) < 4.78 is 39.7. The minimum absolute atomic E-state index is 0.0354. The lowest BCUT2D eigenvalue weighted by Crippen LogP contribution is -2.20. The van der Waals surface area contributed by atoms with Crippen LogP contribution in [0.15, 0.2) is 59.5 Å². The fourth-order valence-corrected chi connectivity index (χ4v) is 2.71. The number of halogens is 4. The van der Waals surface area contributed by atoms with Gasteiger partial charge in [0.2, 0.25) is 5.91 Å². The molecule has 0 saturated heterocycles. The first kappa shape index (κ1) is 18.0. The van der Waals surface area contributed by atoms with Gasteiger partial charge in [-0.15, -0.1) is 0 Å². The number of carbonyl (C=O) groups excluding carboxylic acids is 1. The van der Waals surface area contributed by atoms with Crippen molar-refractivity contribution in [2.45, 2.75) is 12.7 Å². The topological polar surface area (TPSA) is 51.1 Å². The Morgan fingerprint density at radius 1 is 1.12 bits per heavy atom. The monoisotopic (exact) mass is 380 g/mol. The molecule has 0 aliphatic heterocycles. The average molecular weight is 381 g/mol. The van der Waals surface area contributed by atoms with Crippen LogP contribution >= 0.6 is 11.6 Å². The minimum Gasteiger partial charge on any atom is -0.338 e. The van der Waals surface area contributed by atoms with Crippen molar-refractivity contribution in [1.82, 2.24) is 4.57 Å². The average Bonchev–Trinajstić information content (AvgIpc) is 2.57. The standard InChI is InChI=1S/C18H12ClF3N2O2/c19-12-4-5-14-15(9-12)24(7-6-16(14)25)10-17(26)23-13-3-1-2-11(8-13)18(20,21)22/h1-9H,10H2,(H,23,26). The van der Waals surface area contributed by atoms with Crippen molar-refractivity contribution >= 4 is 34.1 Å². The molecule has 3 aromatic rings. The fraction of sp³-hybridized carbons (Fsp3) is 0.111. The van der Waals surface area contributed by atoms with Crippen LogP contribution in [0.3, 0.4) is 0 Å². The lowest BCUT2D eigenvalue weighted by atomic mass is 10.2. The highest BCUT2D eigenvalue weighted by molar-refractivity contribution is 6.31. The molecule has 3 rings (SSSR count). The molecule has 0 spiro atoms. The van der Waals surface area contributed by atoms with E-state index >= 15 is 0 Å². The van der Waals surface area contributed by atoms with Crippen LogP contribution in [0.2, 0.25) is 5.02 Å². The highest BCUT2D eigenvalue weighted by Gasteiger charge is 2.30. The SMILES string of the molecule is O=C(Cn1ccc(=O)c2ccc(Cl)cc21)Nc1cccc(C(F)(F)F)c1. The van der Waals surface area contributed by atoms with Crippen molar-refractivity contribution in [3.05, 3.63) is 75.5 Å². The Morgan fingerprint density at radius 2 is 1.88 bits per heavy atom. The van der Waals surface area contributed by atoms with Gasteiger partial charge in [0, 0.05) is 28.4 Å². The van der Waals surface area contributed by atoms with E-state index in [1.807, 2.05) is 0 Å². The van der Waals surface area contributed by atoms with Gasteiger partial charge in [-0.1, -0.05) is 17.7 Å². The van der Waals surface area contributed by atoms with Gasteiger partial charge in [-0.3, -0.25) is 9.59 Å². The maximum atomic E-state index is 12.7. The molecule has 0 radical (unpaired) electrons. The van der Waals surface area contributed by atoms with E-state index < -0.39 is 17.6 Å². The van der Waals surface area contributed by atoms with Crippen LogP contribution in [0.25, 0.3) is 10.9 Å². The molecule has 0 atom stereocenters. The zero-order valence-corrected chi connectivity index (χ0v) is 13.9. The van der Waals surface area contributed by atoms with Gasteiger partial charge in [0.25, 0.3) is 0 Å². The van der Waals surface area contributed by atoms with E-state index in [0.717, 1.165) is 12.1 Å². The molecule has 2 aromatic carbocycles. The molecule has 4 nitrogen and oxygen atoms in total. The Balaban J connectivity index is 1.85. The number of aromatic nitrogens is 1. The highest BCUT2D eigenvalue weighted by Crippen LogP contribution is 2.30. The maximum absolute atomic E-state index is 12.7. The van der Waals surface area contributed by atoms with Gasteiger partial charge in [0.1, 0.15) is 6.54 Å². The van der Waals surface area contributed by atoms with Crippen molar-refractivity contribution in [3.8, 4) is 0 Å². The molecule has 0 unspecified atom stereocenters. The predicted molar refractivity (Wildman–Crippen MR) is 93.3 cm³/mol. The molecule has 0 aliphatic rings. The quantitative estimate of drug-likeness (QED) is 0.736. The van der Waals surface area contributed by atoms with E-state index in [2.05, 4.69) is 5.32 Å². The van der Waals surface area contributed by atoms with Crippen molar-refractivity contribution in [1.29, 1.82) is 0 Å². The fourth-order valence-electron chi connectivity index (χ4n) is 2.54. The second-order valence-electron chi connectivity index (χ2n) is 5.60. The molecular weight excluding hydrogens is 369 g/mol. The number of anilines is 1. The van der Waals surface area contributed by atoms with Crippen LogP contribution in [0, 0.1) is 0 Å². The van der Waals surface area contributed by atoms with Crippen LogP contribution < -0.4 is 10.7 Å². The molecule has 0 bridgehead atoms. The second-order valence-corrected chi connectivity index (χ2v) is 6.03. The van der Waals surface area contributed by atoms with Crippen molar-refractivity contribution < 1.29 is 18.0 Å². The summed E-state index contributed by atoms with van der Waals surface area (Å²) in [4.78, 5) is 24.1. The summed E-state index contributed by atoms with van der Waals surface area (Å²) in [5.74, 6) is -0.533. The summed E-state index contributed by atoms with van der Waals surface area (Å²) in [5.41, 5.74) is -0.570. The predicted octanol–water partition coefficient (Wildman–Crippen LogP) is 4.31. The van der Waals surface area contributed by atoms with E-state index in [9.17, 15) is 22.8 Å². The van der Waals surface area contributed by atoms with E-state index in [4.69, 9.17) is 11.6 Å². The summed E-state index contributed by atoms with van der Waals surface area (Å²) in [6.07, 6.45) is -3.06. The molecular formula is C18H12ClF3N2O2. The van der Waals surface area contributed by atoms with E-state index in [0.29, 0.717) is 15.9 Å². The Morgan fingerprint density at radius 3 is 2.62 bits per heavy atom. The number of nitrogens with zero attached hydrogens (tertiary/aromatic N) is 1. The normalized spacial score (nSPS) is 11.5. The van der Waals surface area contributed by atoms with Crippen molar-refractivity contribution in [2.75, 3.05) is 5.32 Å². The van der Waals surface area contributed by atoms with Crippen LogP contribution in [0.5, 0.6) is 0 Å². The van der Waals surface area contributed by atoms with Gasteiger partial charge < -0.3 is 9.88 Å². The summed E-state index contributed by atoms with van der Waals surface area (Å²) in [6, 6.07) is 10.4. The molecule has 0 saturated carbocycles. The van der Waals surface area contributed by atoms with Crippen LogP contribution in [0.1, 0.15) is 5.56 Å². The lowest BCUT2D eigenvalue weighted by Gasteiger charge is -2.12. The van der Waals surface area contributed by atoms with Crippen molar-refractivity contribution in [3.63, 3.8) is 0 Å². The maximum Gasteiger partial charge on any atom is 0.416 e. The number of alkyl halides is 3.